The fourth-order valence-electron chi connectivity index (χ4n) is 5.11. The van der Waals surface area contributed by atoms with Crippen LogP contribution in [0.15, 0.2) is 48.5 Å². The number of nitrogens with zero attached hydrogens (tertiary/aromatic N) is 1. The Labute approximate surface area is 153 Å². The third-order valence-electron chi connectivity index (χ3n) is 6.51. The molecule has 1 amide bonds. The summed E-state index contributed by atoms with van der Waals surface area (Å²) in [5.41, 5.74) is 4.30. The number of carbonyl (C=O) groups excluding carboxylic acids is 1. The van der Waals surface area contributed by atoms with Gasteiger partial charge in [0, 0.05) is 24.4 Å². The van der Waals surface area contributed by atoms with Crippen LogP contribution in [0.4, 0.5) is 4.79 Å². The minimum atomic E-state index is -0.634. The third-order valence-corrected chi connectivity index (χ3v) is 6.51. The van der Waals surface area contributed by atoms with Gasteiger partial charge in [-0.1, -0.05) is 48.5 Å². The Kier molecular flexibility index (Phi) is 3.41. The number of amides is 1. The van der Waals surface area contributed by atoms with Gasteiger partial charge in [0.1, 0.15) is 6.61 Å². The van der Waals surface area contributed by atoms with Gasteiger partial charge in [0.2, 0.25) is 0 Å². The molecule has 0 unspecified atom stereocenters. The van der Waals surface area contributed by atoms with Crippen LogP contribution in [0.25, 0.3) is 11.1 Å². The molecule has 2 aromatic rings. The van der Waals surface area contributed by atoms with Gasteiger partial charge < -0.3 is 14.7 Å². The lowest BCUT2D eigenvalue weighted by molar-refractivity contribution is -0.0159. The van der Waals surface area contributed by atoms with Crippen molar-refractivity contribution in [3.05, 3.63) is 59.7 Å². The maximum absolute atomic E-state index is 12.6. The van der Waals surface area contributed by atoms with Crippen molar-refractivity contribution in [2.75, 3.05) is 13.2 Å². The minimum absolute atomic E-state index is 0.0919. The Morgan fingerprint density at radius 1 is 1.15 bits per heavy atom. The molecule has 3 aliphatic rings. The highest BCUT2D eigenvalue weighted by atomic mass is 16.6. The molecule has 4 heteroatoms. The molecule has 4 nitrogen and oxygen atoms in total. The van der Waals surface area contributed by atoms with E-state index in [0.717, 1.165) is 6.42 Å². The standard InChI is InChI=1S/C22H23NO3/c1-22(25)11-15-10-14(22)12-23(15)21(24)26-13-20-18-8-4-2-6-16(18)17-7-3-5-9-19(17)20/h2-9,14-15,20,25H,10-13H2,1H3/t14-,15-,22-/m1/s1. The van der Waals surface area contributed by atoms with E-state index in [0.29, 0.717) is 19.6 Å². The van der Waals surface area contributed by atoms with Gasteiger partial charge in [0.15, 0.2) is 0 Å². The van der Waals surface area contributed by atoms with Crippen molar-refractivity contribution in [1.29, 1.82) is 0 Å². The van der Waals surface area contributed by atoms with Gasteiger partial charge in [-0.3, -0.25) is 0 Å². The van der Waals surface area contributed by atoms with Gasteiger partial charge in [0.25, 0.3) is 0 Å². The van der Waals surface area contributed by atoms with Crippen molar-refractivity contribution in [1.82, 2.24) is 4.90 Å². The SMILES string of the molecule is C[C@@]1(O)C[C@H]2C[C@@H]1CN2C(=O)OCC1c2ccccc2-c2ccccc21. The highest BCUT2D eigenvalue weighted by Crippen LogP contribution is 2.46. The second kappa shape index (κ2) is 5.58. The zero-order valence-corrected chi connectivity index (χ0v) is 14.9. The Bertz CT molecular complexity index is 830. The molecule has 2 fully saturated rings. The smallest absolute Gasteiger partial charge is 0.410 e. The Morgan fingerprint density at radius 3 is 2.31 bits per heavy atom. The van der Waals surface area contributed by atoms with Crippen molar-refractivity contribution in [2.24, 2.45) is 5.92 Å². The molecular weight excluding hydrogens is 326 g/mol. The molecule has 5 rings (SSSR count). The summed E-state index contributed by atoms with van der Waals surface area (Å²) in [6.07, 6.45) is 1.30. The van der Waals surface area contributed by atoms with Crippen molar-refractivity contribution in [2.45, 2.75) is 37.3 Å². The van der Waals surface area contributed by atoms with E-state index in [4.69, 9.17) is 4.74 Å². The van der Waals surface area contributed by atoms with Crippen molar-refractivity contribution < 1.29 is 14.6 Å². The van der Waals surface area contributed by atoms with Gasteiger partial charge in [-0.2, -0.15) is 0 Å². The number of benzene rings is 2. The molecule has 3 atom stereocenters. The average Bonchev–Trinajstić information content (AvgIpc) is 3.28. The third kappa shape index (κ3) is 2.28. The highest BCUT2D eigenvalue weighted by molar-refractivity contribution is 5.79. The van der Waals surface area contributed by atoms with E-state index >= 15 is 0 Å². The van der Waals surface area contributed by atoms with E-state index < -0.39 is 5.60 Å². The molecule has 2 aliphatic carbocycles. The molecule has 1 heterocycles. The van der Waals surface area contributed by atoms with Gasteiger partial charge in [-0.25, -0.2) is 4.79 Å². The lowest BCUT2D eigenvalue weighted by Gasteiger charge is -2.34. The number of piperidine rings is 1. The fraction of sp³-hybridized carbons (Fsp3) is 0.409. The summed E-state index contributed by atoms with van der Waals surface area (Å²) in [6.45, 7) is 2.85. The predicted octanol–water partition coefficient (Wildman–Crippen LogP) is 3.78. The molecule has 0 aromatic heterocycles. The van der Waals surface area contributed by atoms with Crippen molar-refractivity contribution in [3.8, 4) is 11.1 Å². The number of ether oxygens (including phenoxy) is 1. The van der Waals surface area contributed by atoms with Crippen LogP contribution in [0.1, 0.15) is 36.8 Å². The number of carbonyl (C=O) groups is 1. The van der Waals surface area contributed by atoms with Crippen molar-refractivity contribution in [3.63, 3.8) is 0 Å². The van der Waals surface area contributed by atoms with Crippen LogP contribution in [0.3, 0.4) is 0 Å². The molecule has 2 bridgehead atoms. The number of fused-ring (bicyclic) bond motifs is 5. The average molecular weight is 349 g/mol. The first kappa shape index (κ1) is 15.9. The topological polar surface area (TPSA) is 49.8 Å². The van der Waals surface area contributed by atoms with E-state index in [9.17, 15) is 9.90 Å². The molecular formula is C22H23NO3. The Balaban J connectivity index is 1.33. The number of hydrogen-bond acceptors (Lipinski definition) is 3. The maximum Gasteiger partial charge on any atom is 0.410 e. The molecule has 0 spiro atoms. The van der Waals surface area contributed by atoms with Gasteiger partial charge in [-0.15, -0.1) is 0 Å². The second-order valence-corrected chi connectivity index (χ2v) is 8.10. The van der Waals surface area contributed by atoms with Crippen LogP contribution >= 0.6 is 0 Å². The summed E-state index contributed by atoms with van der Waals surface area (Å²) in [7, 11) is 0. The van der Waals surface area contributed by atoms with Crippen LogP contribution < -0.4 is 0 Å². The monoisotopic (exact) mass is 349 g/mol. The molecule has 1 saturated carbocycles. The number of hydrogen-bond donors (Lipinski definition) is 1. The van der Waals surface area contributed by atoms with E-state index in [-0.39, 0.29) is 24.0 Å². The zero-order valence-electron chi connectivity index (χ0n) is 14.9. The summed E-state index contributed by atoms with van der Waals surface area (Å²) in [6, 6.07) is 16.8. The zero-order chi connectivity index (χ0) is 17.9. The van der Waals surface area contributed by atoms with Crippen molar-refractivity contribution >= 4 is 6.09 Å². The second-order valence-electron chi connectivity index (χ2n) is 8.10. The number of likely N-dealkylation sites (tertiary alicyclic amines) is 1. The molecule has 1 aliphatic heterocycles. The first-order valence-corrected chi connectivity index (χ1v) is 9.38. The van der Waals surface area contributed by atoms with Gasteiger partial charge >= 0.3 is 6.09 Å². The quantitative estimate of drug-likeness (QED) is 0.898. The fourth-order valence-corrected chi connectivity index (χ4v) is 5.11. The maximum atomic E-state index is 12.6. The molecule has 2 aromatic carbocycles. The Hall–Kier alpha value is -2.33. The van der Waals surface area contributed by atoms with Gasteiger partial charge in [-0.05, 0) is 42.0 Å². The molecule has 26 heavy (non-hydrogen) atoms. The summed E-state index contributed by atoms with van der Waals surface area (Å²) < 4.78 is 5.75. The Morgan fingerprint density at radius 2 is 1.77 bits per heavy atom. The van der Waals surface area contributed by atoms with Gasteiger partial charge in [0.05, 0.1) is 5.60 Å². The van der Waals surface area contributed by atoms with Crippen LogP contribution in [-0.2, 0) is 4.74 Å². The molecule has 134 valence electrons. The van der Waals surface area contributed by atoms with E-state index in [2.05, 4.69) is 36.4 Å². The molecule has 1 saturated heterocycles. The van der Waals surface area contributed by atoms with Crippen LogP contribution in [0, 0.1) is 5.92 Å². The summed E-state index contributed by atoms with van der Waals surface area (Å²) in [5, 5.41) is 10.3. The highest BCUT2D eigenvalue weighted by Gasteiger charge is 2.52. The van der Waals surface area contributed by atoms with Crippen LogP contribution in [-0.4, -0.2) is 40.9 Å². The van der Waals surface area contributed by atoms with E-state index in [1.165, 1.54) is 22.3 Å². The summed E-state index contributed by atoms with van der Waals surface area (Å²) in [4.78, 5) is 14.5. The lowest BCUT2D eigenvalue weighted by Crippen LogP contribution is -2.46. The lowest BCUT2D eigenvalue weighted by atomic mass is 9.92. The van der Waals surface area contributed by atoms with E-state index in [1.807, 2.05) is 24.0 Å². The molecule has 1 N–H and O–H groups in total. The first-order chi connectivity index (χ1) is 12.5. The normalized spacial score (nSPS) is 28.9. The first-order valence-electron chi connectivity index (χ1n) is 9.38. The summed E-state index contributed by atoms with van der Waals surface area (Å²) in [5.74, 6) is 0.266. The minimum Gasteiger partial charge on any atom is -0.448 e. The number of aliphatic hydroxyl groups is 1. The largest absolute Gasteiger partial charge is 0.448 e. The van der Waals surface area contributed by atoms with Crippen LogP contribution in [0.5, 0.6) is 0 Å². The van der Waals surface area contributed by atoms with Crippen LogP contribution in [0.2, 0.25) is 0 Å². The predicted molar refractivity (Wildman–Crippen MR) is 98.9 cm³/mol. The number of rotatable bonds is 2. The van der Waals surface area contributed by atoms with E-state index in [1.54, 1.807) is 0 Å². The summed E-state index contributed by atoms with van der Waals surface area (Å²) >= 11 is 0. The molecule has 0 radical (unpaired) electrons.